The minimum absolute atomic E-state index is 0.0595. The van der Waals surface area contributed by atoms with Crippen LogP contribution in [0.5, 0.6) is 0 Å². The molecule has 4 rings (SSSR count). The van der Waals surface area contributed by atoms with Crippen LogP contribution >= 0.6 is 11.3 Å². The maximum atomic E-state index is 12.7. The van der Waals surface area contributed by atoms with Crippen molar-refractivity contribution >= 4 is 23.2 Å². The molecule has 0 spiro atoms. The first-order valence-corrected chi connectivity index (χ1v) is 10.4. The van der Waals surface area contributed by atoms with Crippen molar-refractivity contribution in [1.29, 1.82) is 0 Å². The van der Waals surface area contributed by atoms with Crippen molar-refractivity contribution in [3.05, 3.63) is 41.4 Å². The molecule has 1 aliphatic rings. The number of carbonyl (C=O) groups excluding carboxylic acids is 2. The van der Waals surface area contributed by atoms with Crippen LogP contribution in [0.4, 0.5) is 0 Å². The lowest BCUT2D eigenvalue weighted by Crippen LogP contribution is -2.41. The Kier molecular flexibility index (Phi) is 5.70. The van der Waals surface area contributed by atoms with Gasteiger partial charge in [0, 0.05) is 39.2 Å². The summed E-state index contributed by atoms with van der Waals surface area (Å²) in [5.74, 6) is 0.877. The van der Waals surface area contributed by atoms with Gasteiger partial charge in [0.1, 0.15) is 5.69 Å². The zero-order valence-electron chi connectivity index (χ0n) is 16.1. The van der Waals surface area contributed by atoms with Gasteiger partial charge in [-0.15, -0.1) is 11.3 Å². The topological polar surface area (TPSA) is 106 Å². The van der Waals surface area contributed by atoms with Crippen LogP contribution in [0.15, 0.2) is 34.3 Å². The fourth-order valence-electron chi connectivity index (χ4n) is 3.42. The molecule has 2 amide bonds. The molecular formula is C19H22N6O3S. The molecule has 0 radical (unpaired) electrons. The van der Waals surface area contributed by atoms with Gasteiger partial charge in [0.2, 0.25) is 17.6 Å². The SMILES string of the molecule is CNC(=O)c1ccn([C@H]2CCCN(C(=O)CCc3nc(-c4cccs4)no3)C2)n1. The molecular weight excluding hydrogens is 392 g/mol. The standard InChI is InChI=1S/C19H22N6O3S/c1-20-19(27)14-8-10-25(22-14)13-4-2-9-24(12-13)17(26)7-6-16-21-18(23-28-16)15-5-3-11-29-15/h3,5,8,10-11,13H,2,4,6-7,9,12H2,1H3,(H,20,27)/t13-/m0/s1. The van der Waals surface area contributed by atoms with Crippen molar-refractivity contribution in [3.63, 3.8) is 0 Å². The number of amides is 2. The molecule has 1 atom stereocenters. The van der Waals surface area contributed by atoms with Gasteiger partial charge in [-0.2, -0.15) is 10.1 Å². The predicted molar refractivity (Wildman–Crippen MR) is 106 cm³/mol. The number of thiophene rings is 1. The van der Waals surface area contributed by atoms with Gasteiger partial charge in [0.15, 0.2) is 0 Å². The first-order chi connectivity index (χ1) is 14.1. The number of likely N-dealkylation sites (tertiary alicyclic amines) is 1. The molecule has 0 unspecified atom stereocenters. The molecule has 152 valence electrons. The summed E-state index contributed by atoms with van der Waals surface area (Å²) in [6.07, 6.45) is 4.36. The van der Waals surface area contributed by atoms with Crippen molar-refractivity contribution in [2.75, 3.05) is 20.1 Å². The van der Waals surface area contributed by atoms with E-state index in [0.717, 1.165) is 24.3 Å². The summed E-state index contributed by atoms with van der Waals surface area (Å²) >= 11 is 1.55. The summed E-state index contributed by atoms with van der Waals surface area (Å²) in [7, 11) is 1.58. The molecule has 1 aliphatic heterocycles. The van der Waals surface area contributed by atoms with Gasteiger partial charge in [-0.3, -0.25) is 14.3 Å². The Bertz CT molecular complexity index is 980. The van der Waals surface area contributed by atoms with Crippen molar-refractivity contribution in [3.8, 4) is 10.7 Å². The highest BCUT2D eigenvalue weighted by molar-refractivity contribution is 7.13. The molecule has 0 aliphatic carbocycles. The fraction of sp³-hybridized carbons (Fsp3) is 0.421. The Labute approximate surface area is 171 Å². The lowest BCUT2D eigenvalue weighted by atomic mass is 10.1. The normalized spacial score (nSPS) is 16.7. The minimum atomic E-state index is -0.214. The van der Waals surface area contributed by atoms with Crippen LogP contribution in [0.1, 0.15) is 41.7 Å². The van der Waals surface area contributed by atoms with Crippen LogP contribution in [0.3, 0.4) is 0 Å². The van der Waals surface area contributed by atoms with Gasteiger partial charge in [0.05, 0.1) is 10.9 Å². The summed E-state index contributed by atoms with van der Waals surface area (Å²) < 4.78 is 7.06. The summed E-state index contributed by atoms with van der Waals surface area (Å²) in [6, 6.07) is 5.63. The lowest BCUT2D eigenvalue weighted by molar-refractivity contribution is -0.133. The monoisotopic (exact) mass is 414 g/mol. The first-order valence-electron chi connectivity index (χ1n) is 9.55. The maximum Gasteiger partial charge on any atom is 0.271 e. The Morgan fingerprint density at radius 1 is 1.38 bits per heavy atom. The number of nitrogens with zero attached hydrogens (tertiary/aromatic N) is 5. The number of aromatic nitrogens is 4. The molecule has 4 heterocycles. The highest BCUT2D eigenvalue weighted by Crippen LogP contribution is 2.23. The predicted octanol–water partition coefficient (Wildman–Crippen LogP) is 2.15. The summed E-state index contributed by atoms with van der Waals surface area (Å²) in [5, 5.41) is 12.9. The number of hydrogen-bond donors (Lipinski definition) is 1. The van der Waals surface area contributed by atoms with Crippen molar-refractivity contribution in [2.45, 2.75) is 31.7 Å². The van der Waals surface area contributed by atoms with Gasteiger partial charge in [0.25, 0.3) is 5.91 Å². The van der Waals surface area contributed by atoms with Crippen LogP contribution in [0.2, 0.25) is 0 Å². The highest BCUT2D eigenvalue weighted by atomic mass is 32.1. The Morgan fingerprint density at radius 3 is 3.07 bits per heavy atom. The van der Waals surface area contributed by atoms with E-state index in [1.165, 1.54) is 0 Å². The quantitative estimate of drug-likeness (QED) is 0.662. The molecule has 0 bridgehead atoms. The second kappa shape index (κ2) is 8.56. The Balaban J connectivity index is 1.33. The van der Waals surface area contributed by atoms with Gasteiger partial charge in [-0.05, 0) is 30.4 Å². The first kappa shape index (κ1) is 19.3. The largest absolute Gasteiger partial charge is 0.354 e. The van der Waals surface area contributed by atoms with E-state index in [0.29, 0.717) is 36.8 Å². The van der Waals surface area contributed by atoms with E-state index in [9.17, 15) is 9.59 Å². The Morgan fingerprint density at radius 2 is 2.28 bits per heavy atom. The van der Waals surface area contributed by atoms with E-state index in [1.807, 2.05) is 22.4 Å². The zero-order chi connectivity index (χ0) is 20.2. The van der Waals surface area contributed by atoms with Crippen LogP contribution in [0.25, 0.3) is 10.7 Å². The fourth-order valence-corrected chi connectivity index (χ4v) is 4.07. The zero-order valence-corrected chi connectivity index (χ0v) is 16.9. The molecule has 0 saturated carbocycles. The molecule has 9 nitrogen and oxygen atoms in total. The van der Waals surface area contributed by atoms with E-state index >= 15 is 0 Å². The van der Waals surface area contributed by atoms with Crippen LogP contribution in [-0.2, 0) is 11.2 Å². The number of aryl methyl sites for hydroxylation is 1. The van der Waals surface area contributed by atoms with E-state index in [2.05, 4.69) is 20.6 Å². The number of nitrogens with one attached hydrogen (secondary N) is 1. The second-order valence-electron chi connectivity index (χ2n) is 6.88. The van der Waals surface area contributed by atoms with Crippen LogP contribution in [-0.4, -0.2) is 56.8 Å². The van der Waals surface area contributed by atoms with Crippen molar-refractivity contribution < 1.29 is 14.1 Å². The molecule has 1 saturated heterocycles. The second-order valence-corrected chi connectivity index (χ2v) is 7.83. The van der Waals surface area contributed by atoms with E-state index < -0.39 is 0 Å². The molecule has 1 fully saturated rings. The average Bonchev–Trinajstić information content (AvgIpc) is 3.52. The van der Waals surface area contributed by atoms with E-state index in [4.69, 9.17) is 4.52 Å². The van der Waals surface area contributed by atoms with Crippen molar-refractivity contribution in [2.24, 2.45) is 0 Å². The highest BCUT2D eigenvalue weighted by Gasteiger charge is 2.26. The third-order valence-electron chi connectivity index (χ3n) is 4.95. The third kappa shape index (κ3) is 4.37. The van der Waals surface area contributed by atoms with Gasteiger partial charge in [-0.1, -0.05) is 11.2 Å². The smallest absolute Gasteiger partial charge is 0.271 e. The maximum absolute atomic E-state index is 12.7. The Hall–Kier alpha value is -3.01. The summed E-state index contributed by atoms with van der Waals surface area (Å²) in [6.45, 7) is 1.31. The number of hydrogen-bond acceptors (Lipinski definition) is 7. The van der Waals surface area contributed by atoms with E-state index in [1.54, 1.807) is 35.3 Å². The number of piperidine rings is 1. The third-order valence-corrected chi connectivity index (χ3v) is 5.82. The molecule has 0 aromatic carbocycles. The lowest BCUT2D eigenvalue weighted by Gasteiger charge is -2.32. The molecule has 3 aromatic heterocycles. The van der Waals surface area contributed by atoms with E-state index in [-0.39, 0.29) is 17.9 Å². The number of carbonyl (C=O) groups is 2. The van der Waals surface area contributed by atoms with Gasteiger partial charge < -0.3 is 14.7 Å². The average molecular weight is 414 g/mol. The van der Waals surface area contributed by atoms with Crippen LogP contribution < -0.4 is 5.32 Å². The number of rotatable bonds is 6. The summed E-state index contributed by atoms with van der Waals surface area (Å²) in [5.41, 5.74) is 0.383. The molecule has 1 N–H and O–H groups in total. The molecule has 3 aromatic rings. The van der Waals surface area contributed by atoms with Crippen LogP contribution in [0, 0.1) is 0 Å². The molecule has 10 heteroatoms. The summed E-state index contributed by atoms with van der Waals surface area (Å²) in [4.78, 5) is 31.6. The van der Waals surface area contributed by atoms with Gasteiger partial charge in [-0.25, -0.2) is 0 Å². The minimum Gasteiger partial charge on any atom is -0.354 e. The molecule has 29 heavy (non-hydrogen) atoms. The van der Waals surface area contributed by atoms with Gasteiger partial charge >= 0.3 is 0 Å². The van der Waals surface area contributed by atoms with Crippen molar-refractivity contribution in [1.82, 2.24) is 30.1 Å².